The monoisotopic (exact) mass is 533 g/mol. The molecule has 6 rings (SSSR count). The van der Waals surface area contributed by atoms with E-state index in [4.69, 9.17) is 26.1 Å². The summed E-state index contributed by atoms with van der Waals surface area (Å²) < 4.78 is 13.9. The number of carbonyl (C=O) groups is 1. The first-order valence-electron chi connectivity index (χ1n) is 13.0. The molecule has 1 amide bonds. The molecular formula is C29H32ClN5O3. The Labute approximate surface area is 227 Å². The minimum atomic E-state index is -0.595. The van der Waals surface area contributed by atoms with Gasteiger partial charge in [-0.3, -0.25) is 9.88 Å². The number of pyridine rings is 1. The summed E-state index contributed by atoms with van der Waals surface area (Å²) >= 11 is 6.60. The van der Waals surface area contributed by atoms with Crippen molar-refractivity contribution in [2.24, 2.45) is 7.05 Å². The summed E-state index contributed by atoms with van der Waals surface area (Å²) in [4.78, 5) is 26.2. The summed E-state index contributed by atoms with van der Waals surface area (Å²) in [5.74, 6) is 0. The van der Waals surface area contributed by atoms with E-state index in [2.05, 4.69) is 28.1 Å². The molecule has 9 heteroatoms. The topological polar surface area (TPSA) is 76.0 Å². The summed E-state index contributed by atoms with van der Waals surface area (Å²) in [7, 11) is 1.99. The molecule has 2 aliphatic heterocycles. The Morgan fingerprint density at radius 1 is 1.18 bits per heavy atom. The number of benzene rings is 1. The van der Waals surface area contributed by atoms with Gasteiger partial charge in [0.25, 0.3) is 0 Å². The zero-order valence-corrected chi connectivity index (χ0v) is 22.9. The van der Waals surface area contributed by atoms with Gasteiger partial charge in [0.05, 0.1) is 36.6 Å². The lowest BCUT2D eigenvalue weighted by Gasteiger charge is -2.40. The molecule has 2 aromatic heterocycles. The minimum Gasteiger partial charge on any atom is -0.444 e. The zero-order chi connectivity index (χ0) is 26.7. The van der Waals surface area contributed by atoms with Gasteiger partial charge in [0.15, 0.2) is 5.60 Å². The van der Waals surface area contributed by atoms with Crippen LogP contribution in [0.3, 0.4) is 0 Å². The van der Waals surface area contributed by atoms with Crippen molar-refractivity contribution >= 4 is 29.3 Å². The lowest BCUT2D eigenvalue weighted by atomic mass is 9.86. The molecule has 4 heterocycles. The van der Waals surface area contributed by atoms with Gasteiger partial charge >= 0.3 is 6.09 Å². The van der Waals surface area contributed by atoms with Crippen molar-refractivity contribution in [3.8, 4) is 0 Å². The van der Waals surface area contributed by atoms with Crippen LogP contribution in [0.15, 0.2) is 49.1 Å². The number of hydrogen-bond donors (Lipinski definition) is 0. The van der Waals surface area contributed by atoms with Crippen LogP contribution >= 0.6 is 11.6 Å². The van der Waals surface area contributed by atoms with Crippen molar-refractivity contribution in [1.29, 1.82) is 0 Å². The van der Waals surface area contributed by atoms with E-state index in [0.29, 0.717) is 37.8 Å². The molecular weight excluding hydrogens is 502 g/mol. The molecule has 2 saturated heterocycles. The van der Waals surface area contributed by atoms with Gasteiger partial charge in [0, 0.05) is 50.0 Å². The highest BCUT2D eigenvalue weighted by Gasteiger charge is 2.53. The summed E-state index contributed by atoms with van der Waals surface area (Å²) in [5.41, 5.74) is 5.15. The number of imidazole rings is 1. The lowest BCUT2D eigenvalue weighted by molar-refractivity contribution is 0.0118. The first-order valence-corrected chi connectivity index (χ1v) is 13.3. The number of fused-ring (bicyclic) bond motifs is 2. The third kappa shape index (κ3) is 4.40. The number of hydrogen-bond acceptors (Lipinski definition) is 6. The molecule has 0 spiro atoms. The number of nitrogens with zero attached hydrogens (tertiary/aromatic N) is 5. The fourth-order valence-electron chi connectivity index (χ4n) is 5.61. The van der Waals surface area contributed by atoms with Crippen LogP contribution in [-0.2, 0) is 22.1 Å². The first kappa shape index (κ1) is 25.1. The Balaban J connectivity index is 1.40. The molecule has 0 bridgehead atoms. The zero-order valence-electron chi connectivity index (χ0n) is 22.1. The van der Waals surface area contributed by atoms with Crippen molar-refractivity contribution in [2.75, 3.05) is 32.8 Å². The first-order chi connectivity index (χ1) is 18.2. The van der Waals surface area contributed by atoms with Gasteiger partial charge in [0.1, 0.15) is 5.60 Å². The summed E-state index contributed by atoms with van der Waals surface area (Å²) in [6.45, 7) is 8.80. The number of piperazine rings is 1. The Kier molecular flexibility index (Phi) is 6.09. The van der Waals surface area contributed by atoms with E-state index < -0.39 is 11.2 Å². The van der Waals surface area contributed by atoms with Gasteiger partial charge in [-0.1, -0.05) is 23.7 Å². The summed E-state index contributed by atoms with van der Waals surface area (Å²) in [5, 5.41) is 0.669. The highest BCUT2D eigenvalue weighted by Crippen LogP contribution is 2.54. The molecule has 0 saturated carbocycles. The third-order valence-corrected chi connectivity index (χ3v) is 7.69. The van der Waals surface area contributed by atoms with E-state index in [1.165, 1.54) is 0 Å². The predicted octanol–water partition coefficient (Wildman–Crippen LogP) is 4.89. The van der Waals surface area contributed by atoms with Gasteiger partial charge < -0.3 is 18.9 Å². The molecule has 0 radical (unpaired) electrons. The summed E-state index contributed by atoms with van der Waals surface area (Å²) in [6.07, 6.45) is 7.46. The van der Waals surface area contributed by atoms with Crippen LogP contribution in [-0.4, -0.2) is 68.8 Å². The fraction of sp³-hybridized carbons (Fsp3) is 0.414. The highest BCUT2D eigenvalue weighted by molar-refractivity contribution is 6.30. The van der Waals surface area contributed by atoms with E-state index in [0.717, 1.165) is 33.7 Å². The molecule has 38 heavy (non-hydrogen) atoms. The number of epoxide rings is 1. The second kappa shape index (κ2) is 9.22. The van der Waals surface area contributed by atoms with Crippen molar-refractivity contribution in [3.63, 3.8) is 0 Å². The molecule has 3 aliphatic rings. The molecule has 0 N–H and O–H groups in total. The second-order valence-corrected chi connectivity index (χ2v) is 11.6. The lowest BCUT2D eigenvalue weighted by Crippen LogP contribution is -2.51. The standard InChI is InChI=1S/C29H32ClN5O3/c1-28(2,3)38-27(36)35-12-10-34(11-13-35)26-21-8-7-20(30)15-22(21)23(14-19-6-5-9-32-25(19)26)29(17-37-29)24-16-31-18-33(24)4/h5-9,14-16,18,26H,10-13,17H2,1-4H3. The average molecular weight is 534 g/mol. The van der Waals surface area contributed by atoms with E-state index in [-0.39, 0.29) is 12.1 Å². The van der Waals surface area contributed by atoms with E-state index in [1.807, 2.05) is 63.0 Å². The van der Waals surface area contributed by atoms with Crippen molar-refractivity contribution in [3.05, 3.63) is 82.2 Å². The SMILES string of the molecule is Cn1cncc1C1(C2=Cc3cccnc3C(N3CCN(C(=O)OC(C)(C)C)CC3)c3ccc(Cl)cc32)CO1. The smallest absolute Gasteiger partial charge is 0.410 e. The van der Waals surface area contributed by atoms with Crippen molar-refractivity contribution < 1.29 is 14.3 Å². The van der Waals surface area contributed by atoms with Gasteiger partial charge in [-0.25, -0.2) is 9.78 Å². The van der Waals surface area contributed by atoms with Crippen LogP contribution in [0, 0.1) is 0 Å². The van der Waals surface area contributed by atoms with Crippen LogP contribution in [0.5, 0.6) is 0 Å². The largest absolute Gasteiger partial charge is 0.444 e. The minimum absolute atomic E-state index is 0.102. The van der Waals surface area contributed by atoms with E-state index >= 15 is 0 Å². The highest BCUT2D eigenvalue weighted by atomic mass is 35.5. The molecule has 1 aromatic carbocycles. The van der Waals surface area contributed by atoms with Gasteiger partial charge in [-0.05, 0) is 61.7 Å². The molecule has 3 aromatic rings. The van der Waals surface area contributed by atoms with Crippen LogP contribution in [0.25, 0.3) is 11.6 Å². The maximum Gasteiger partial charge on any atom is 0.410 e. The number of carbonyl (C=O) groups excluding carboxylic acids is 1. The Bertz CT molecular complexity index is 1410. The van der Waals surface area contributed by atoms with Crippen molar-refractivity contribution in [1.82, 2.24) is 24.3 Å². The second-order valence-electron chi connectivity index (χ2n) is 11.2. The van der Waals surface area contributed by atoms with Crippen LogP contribution in [0.1, 0.15) is 54.9 Å². The van der Waals surface area contributed by atoms with Crippen LogP contribution in [0.2, 0.25) is 5.02 Å². The van der Waals surface area contributed by atoms with Crippen molar-refractivity contribution in [2.45, 2.75) is 38.0 Å². The number of amides is 1. The van der Waals surface area contributed by atoms with Crippen LogP contribution in [0.4, 0.5) is 4.79 Å². The average Bonchev–Trinajstić information content (AvgIpc) is 3.58. The molecule has 2 atom stereocenters. The number of rotatable bonds is 3. The number of halogens is 1. The fourth-order valence-corrected chi connectivity index (χ4v) is 5.79. The van der Waals surface area contributed by atoms with Gasteiger partial charge in [-0.2, -0.15) is 0 Å². The molecule has 198 valence electrons. The summed E-state index contributed by atoms with van der Waals surface area (Å²) in [6, 6.07) is 10.1. The molecule has 2 unspecified atom stereocenters. The molecule has 1 aliphatic carbocycles. The Morgan fingerprint density at radius 2 is 1.95 bits per heavy atom. The van der Waals surface area contributed by atoms with E-state index in [1.54, 1.807) is 11.2 Å². The molecule has 8 nitrogen and oxygen atoms in total. The third-order valence-electron chi connectivity index (χ3n) is 7.46. The Morgan fingerprint density at radius 3 is 2.61 bits per heavy atom. The Hall–Kier alpha value is -3.20. The quantitative estimate of drug-likeness (QED) is 0.446. The maximum atomic E-state index is 12.7. The number of aromatic nitrogens is 3. The number of ether oxygens (including phenoxy) is 2. The predicted molar refractivity (Wildman–Crippen MR) is 146 cm³/mol. The maximum absolute atomic E-state index is 12.7. The number of aryl methyl sites for hydroxylation is 1. The van der Waals surface area contributed by atoms with Crippen LogP contribution < -0.4 is 0 Å². The van der Waals surface area contributed by atoms with Gasteiger partial charge in [0.2, 0.25) is 0 Å². The normalized spacial score (nSPS) is 23.2. The molecule has 2 fully saturated rings. The van der Waals surface area contributed by atoms with E-state index in [9.17, 15) is 4.79 Å². The van der Waals surface area contributed by atoms with Gasteiger partial charge in [-0.15, -0.1) is 0 Å².